The van der Waals surface area contributed by atoms with Gasteiger partial charge in [0, 0.05) is 13.5 Å². The molecule has 1 atom stereocenters. The monoisotopic (exact) mass is 488 g/mol. The second-order valence-electron chi connectivity index (χ2n) is 9.63. The molecule has 35 heavy (non-hydrogen) atoms. The molecule has 0 bridgehead atoms. The van der Waals surface area contributed by atoms with Crippen LogP contribution in [0.4, 0.5) is 10.6 Å². The second-order valence-corrected chi connectivity index (χ2v) is 9.63. The van der Waals surface area contributed by atoms with Crippen LogP contribution in [0.1, 0.15) is 69.8 Å². The third-order valence-corrected chi connectivity index (χ3v) is 4.60. The number of primary amides is 1. The number of amides is 3. The summed E-state index contributed by atoms with van der Waals surface area (Å²) in [6, 6.07) is 0. The predicted octanol–water partition coefficient (Wildman–Crippen LogP) is 3.19. The first kappa shape index (κ1) is 29.6. The number of hydrogen-bond acceptors (Lipinski definition) is 7. The fraction of sp³-hybridized carbons (Fsp3) is 0.560. The third kappa shape index (κ3) is 10.6. The Labute approximate surface area is 208 Å². The lowest BCUT2D eigenvalue weighted by molar-refractivity contribution is -0.122. The average molecular weight is 489 g/mol. The molecule has 1 rings (SSSR count). The number of carbonyl (C=O) groups is 3. The SMILES string of the molecule is C=C/C=C\CC(NC(=O)CN(C)C(=O)OC(C)(C)C)Nc1nc(CC(C)C)c(CC)nc1C(N)=O. The molecule has 0 aliphatic heterocycles. The number of nitrogens with one attached hydrogen (secondary N) is 2. The molecule has 1 aromatic rings. The van der Waals surface area contributed by atoms with Gasteiger partial charge in [-0.1, -0.05) is 45.6 Å². The van der Waals surface area contributed by atoms with Crippen molar-refractivity contribution in [3.63, 3.8) is 0 Å². The third-order valence-electron chi connectivity index (χ3n) is 4.60. The summed E-state index contributed by atoms with van der Waals surface area (Å²) in [5.41, 5.74) is 6.40. The predicted molar refractivity (Wildman–Crippen MR) is 137 cm³/mol. The molecule has 0 aliphatic carbocycles. The molecule has 0 fully saturated rings. The molecule has 10 nitrogen and oxygen atoms in total. The maximum atomic E-state index is 12.7. The van der Waals surface area contributed by atoms with Gasteiger partial charge < -0.3 is 26.0 Å². The van der Waals surface area contributed by atoms with Gasteiger partial charge in [0.15, 0.2) is 11.5 Å². The highest BCUT2D eigenvalue weighted by Gasteiger charge is 2.24. The number of aromatic nitrogens is 2. The second kappa shape index (κ2) is 13.5. The first-order valence-corrected chi connectivity index (χ1v) is 11.7. The molecule has 10 heteroatoms. The van der Waals surface area contributed by atoms with E-state index in [0.717, 1.165) is 5.69 Å². The van der Waals surface area contributed by atoms with Gasteiger partial charge in [0.05, 0.1) is 11.4 Å². The summed E-state index contributed by atoms with van der Waals surface area (Å²) in [5, 5.41) is 5.92. The molecular weight excluding hydrogens is 448 g/mol. The quantitative estimate of drug-likeness (QED) is 0.303. The van der Waals surface area contributed by atoms with Gasteiger partial charge in [-0.05, 0) is 39.5 Å². The van der Waals surface area contributed by atoms with Crippen LogP contribution in [0, 0.1) is 5.92 Å². The minimum atomic E-state index is -0.720. The van der Waals surface area contributed by atoms with Gasteiger partial charge in [0.25, 0.3) is 5.91 Å². The first-order chi connectivity index (χ1) is 16.3. The van der Waals surface area contributed by atoms with Crippen LogP contribution in [0.3, 0.4) is 0 Å². The molecule has 0 aliphatic rings. The lowest BCUT2D eigenvalue weighted by atomic mass is 10.0. The van der Waals surface area contributed by atoms with E-state index in [1.165, 1.54) is 11.9 Å². The Balaban J connectivity index is 3.17. The van der Waals surface area contributed by atoms with Crippen molar-refractivity contribution in [2.75, 3.05) is 18.9 Å². The van der Waals surface area contributed by atoms with E-state index in [1.807, 2.05) is 6.92 Å². The molecule has 1 heterocycles. The van der Waals surface area contributed by atoms with E-state index in [9.17, 15) is 14.4 Å². The number of nitrogens with two attached hydrogens (primary N) is 1. The van der Waals surface area contributed by atoms with Crippen LogP contribution in [0.2, 0.25) is 0 Å². The number of nitrogens with zero attached hydrogens (tertiary/aromatic N) is 3. The lowest BCUT2D eigenvalue weighted by Crippen LogP contribution is -2.47. The molecule has 0 spiro atoms. The average Bonchev–Trinajstić information content (AvgIpc) is 2.72. The molecule has 1 unspecified atom stereocenters. The van der Waals surface area contributed by atoms with E-state index in [-0.39, 0.29) is 18.1 Å². The number of aryl methyl sites for hydroxylation is 1. The smallest absolute Gasteiger partial charge is 0.410 e. The summed E-state index contributed by atoms with van der Waals surface area (Å²) in [4.78, 5) is 47.3. The normalized spacial score (nSPS) is 12.3. The zero-order valence-corrected chi connectivity index (χ0v) is 22.0. The topological polar surface area (TPSA) is 140 Å². The molecule has 0 saturated carbocycles. The Morgan fingerprint density at radius 1 is 1.20 bits per heavy atom. The minimum Gasteiger partial charge on any atom is -0.444 e. The van der Waals surface area contributed by atoms with Gasteiger partial charge in [-0.15, -0.1) is 0 Å². The van der Waals surface area contributed by atoms with E-state index in [4.69, 9.17) is 10.5 Å². The number of rotatable bonds is 12. The largest absolute Gasteiger partial charge is 0.444 e. The summed E-state index contributed by atoms with van der Waals surface area (Å²) in [5.74, 6) is -0.620. The van der Waals surface area contributed by atoms with Crippen LogP contribution in [0.15, 0.2) is 24.8 Å². The highest BCUT2D eigenvalue weighted by molar-refractivity contribution is 5.95. The van der Waals surface area contributed by atoms with Gasteiger partial charge in [0.1, 0.15) is 18.3 Å². The maximum Gasteiger partial charge on any atom is 0.410 e. The fourth-order valence-corrected chi connectivity index (χ4v) is 3.10. The molecule has 1 aromatic heterocycles. The van der Waals surface area contributed by atoms with Gasteiger partial charge in [-0.2, -0.15) is 0 Å². The van der Waals surface area contributed by atoms with Gasteiger partial charge in [-0.25, -0.2) is 14.8 Å². The molecule has 194 valence electrons. The molecule has 0 saturated heterocycles. The van der Waals surface area contributed by atoms with Crippen LogP contribution in [-0.4, -0.2) is 58.1 Å². The molecular formula is C25H40N6O4. The number of allylic oxidation sites excluding steroid dienone is 2. The Morgan fingerprint density at radius 2 is 1.86 bits per heavy atom. The molecule has 0 radical (unpaired) electrons. The van der Waals surface area contributed by atoms with Crippen molar-refractivity contribution in [1.29, 1.82) is 0 Å². The number of carbonyl (C=O) groups excluding carboxylic acids is 3. The fourth-order valence-electron chi connectivity index (χ4n) is 3.10. The van der Waals surface area contributed by atoms with E-state index < -0.39 is 29.7 Å². The Morgan fingerprint density at radius 3 is 2.37 bits per heavy atom. The van der Waals surface area contributed by atoms with Crippen molar-refractivity contribution in [3.05, 3.63) is 41.9 Å². The zero-order valence-electron chi connectivity index (χ0n) is 22.0. The van der Waals surface area contributed by atoms with Gasteiger partial charge in [0.2, 0.25) is 5.91 Å². The molecule has 3 amide bonds. The summed E-state index contributed by atoms with van der Waals surface area (Å²) < 4.78 is 5.29. The van der Waals surface area contributed by atoms with E-state index in [0.29, 0.717) is 30.9 Å². The van der Waals surface area contributed by atoms with Gasteiger partial charge in [-0.3, -0.25) is 9.59 Å². The molecule has 4 N–H and O–H groups in total. The van der Waals surface area contributed by atoms with Crippen molar-refractivity contribution >= 4 is 23.7 Å². The Bertz CT molecular complexity index is 937. The van der Waals surface area contributed by atoms with E-state index in [1.54, 1.807) is 39.0 Å². The Kier molecular flexibility index (Phi) is 11.4. The van der Waals surface area contributed by atoms with Crippen molar-refractivity contribution in [1.82, 2.24) is 20.2 Å². The van der Waals surface area contributed by atoms with Crippen molar-refractivity contribution in [3.8, 4) is 0 Å². The van der Waals surface area contributed by atoms with E-state index in [2.05, 4.69) is 41.0 Å². The van der Waals surface area contributed by atoms with Crippen LogP contribution in [0.5, 0.6) is 0 Å². The summed E-state index contributed by atoms with van der Waals surface area (Å²) >= 11 is 0. The zero-order chi connectivity index (χ0) is 26.8. The first-order valence-electron chi connectivity index (χ1n) is 11.7. The highest BCUT2D eigenvalue weighted by Crippen LogP contribution is 2.19. The van der Waals surface area contributed by atoms with Crippen LogP contribution in [0.25, 0.3) is 0 Å². The van der Waals surface area contributed by atoms with Crippen molar-refractivity contribution in [2.24, 2.45) is 11.7 Å². The van der Waals surface area contributed by atoms with Gasteiger partial charge >= 0.3 is 6.09 Å². The Hall–Kier alpha value is -3.43. The van der Waals surface area contributed by atoms with Crippen molar-refractivity contribution in [2.45, 2.75) is 72.6 Å². The number of likely N-dealkylation sites (N-methyl/N-ethyl adjacent to an activating group) is 1. The minimum absolute atomic E-state index is 0.00665. The van der Waals surface area contributed by atoms with Crippen LogP contribution in [-0.2, 0) is 22.4 Å². The van der Waals surface area contributed by atoms with Crippen LogP contribution < -0.4 is 16.4 Å². The number of ether oxygens (including phenoxy) is 1. The van der Waals surface area contributed by atoms with Crippen LogP contribution >= 0.6 is 0 Å². The lowest BCUT2D eigenvalue weighted by Gasteiger charge is -2.26. The standard InChI is InChI=1S/C25H40N6O4/c1-9-11-12-13-19(29-20(32)15-31(8)24(34)35-25(5,6)7)30-23-21(22(26)33)27-17(10-2)18(28-23)14-16(3)4/h9,11-12,16,19H,1,10,13-15H2,2-8H3,(H2,26,33)(H,28,30)(H,29,32)/b12-11-. The summed E-state index contributed by atoms with van der Waals surface area (Å²) in [6.45, 7) is 14.8. The highest BCUT2D eigenvalue weighted by atomic mass is 16.6. The number of anilines is 1. The molecule has 0 aromatic carbocycles. The number of hydrogen-bond donors (Lipinski definition) is 3. The summed E-state index contributed by atoms with van der Waals surface area (Å²) in [7, 11) is 1.48. The van der Waals surface area contributed by atoms with Crippen molar-refractivity contribution < 1.29 is 19.1 Å². The van der Waals surface area contributed by atoms with E-state index >= 15 is 0 Å². The maximum absolute atomic E-state index is 12.7. The summed E-state index contributed by atoms with van der Waals surface area (Å²) in [6.07, 6.45) is 5.51.